The minimum absolute atomic E-state index is 0.376. The van der Waals surface area contributed by atoms with E-state index in [-0.39, 0.29) is 0 Å². The molecule has 0 aromatic rings. The molecule has 0 aliphatic heterocycles. The van der Waals surface area contributed by atoms with Crippen LogP contribution >= 0.6 is 0 Å². The van der Waals surface area contributed by atoms with E-state index in [1.807, 2.05) is 0 Å². The fourth-order valence-corrected chi connectivity index (χ4v) is 2.23. The summed E-state index contributed by atoms with van der Waals surface area (Å²) >= 11 is 0. The maximum absolute atomic E-state index is 9.70. The first-order chi connectivity index (χ1) is 4.60. The maximum atomic E-state index is 9.70. The van der Waals surface area contributed by atoms with Gasteiger partial charge in [-0.3, -0.25) is 0 Å². The molecule has 0 spiro atoms. The predicted molar refractivity (Wildman–Crippen MR) is 37.5 cm³/mol. The molecule has 2 bridgehead atoms. The predicted octanol–water partition coefficient (Wildman–Crippen LogP) is 0.528. The summed E-state index contributed by atoms with van der Waals surface area (Å²) in [6, 6.07) is 0. The summed E-state index contributed by atoms with van der Waals surface area (Å²) in [6.45, 7) is 1.76. The van der Waals surface area contributed by atoms with E-state index in [4.69, 9.17) is 0 Å². The molecule has 0 amide bonds. The fourth-order valence-electron chi connectivity index (χ4n) is 2.23. The zero-order chi connectivity index (χ0) is 7.35. The maximum Gasteiger partial charge on any atom is 0.0905 e. The molecule has 3 aliphatic rings. The Labute approximate surface area is 60.9 Å². The zero-order valence-corrected chi connectivity index (χ0v) is 6.25. The summed E-state index contributed by atoms with van der Waals surface area (Å²) in [5.74, 6) is 1.08. The molecule has 3 saturated carbocycles. The molecular formula is C8H14O2. The van der Waals surface area contributed by atoms with Gasteiger partial charge in [0.15, 0.2) is 0 Å². The van der Waals surface area contributed by atoms with Crippen LogP contribution < -0.4 is 0 Å². The molecule has 0 unspecified atom stereocenters. The SMILES string of the molecule is C[C@]1(O)[C@H]2C[C@@H](C[C@H]1O)C2. The highest BCUT2D eigenvalue weighted by atomic mass is 16.3. The minimum Gasteiger partial charge on any atom is -0.390 e. The van der Waals surface area contributed by atoms with Gasteiger partial charge in [-0.2, -0.15) is 0 Å². The number of hydrogen-bond donors (Lipinski definition) is 2. The van der Waals surface area contributed by atoms with Crippen LogP contribution in [0.2, 0.25) is 0 Å². The second-order valence-corrected chi connectivity index (χ2v) is 4.01. The van der Waals surface area contributed by atoms with Crippen LogP contribution in [0.5, 0.6) is 0 Å². The van der Waals surface area contributed by atoms with Crippen molar-refractivity contribution in [1.82, 2.24) is 0 Å². The average Bonchev–Trinajstić information content (AvgIpc) is 1.72. The number of fused-ring (bicyclic) bond motifs is 2. The van der Waals surface area contributed by atoms with Gasteiger partial charge in [0.05, 0.1) is 11.7 Å². The minimum atomic E-state index is -0.783. The molecule has 3 aliphatic carbocycles. The van der Waals surface area contributed by atoms with E-state index in [0.29, 0.717) is 11.8 Å². The fraction of sp³-hybridized carbons (Fsp3) is 1.00. The normalized spacial score (nSPS) is 59.7. The second kappa shape index (κ2) is 1.74. The van der Waals surface area contributed by atoms with Crippen LogP contribution in [0.15, 0.2) is 0 Å². The third-order valence-corrected chi connectivity index (χ3v) is 3.29. The van der Waals surface area contributed by atoms with E-state index < -0.39 is 11.7 Å². The Morgan fingerprint density at radius 2 is 1.90 bits per heavy atom. The lowest BCUT2D eigenvalue weighted by atomic mass is 9.57. The van der Waals surface area contributed by atoms with Crippen LogP contribution in [0.4, 0.5) is 0 Å². The second-order valence-electron chi connectivity index (χ2n) is 4.01. The lowest BCUT2D eigenvalue weighted by Gasteiger charge is -2.53. The summed E-state index contributed by atoms with van der Waals surface area (Å²) < 4.78 is 0. The van der Waals surface area contributed by atoms with Gasteiger partial charge in [-0.15, -0.1) is 0 Å². The van der Waals surface area contributed by atoms with E-state index in [9.17, 15) is 10.2 Å². The average molecular weight is 142 g/mol. The summed E-state index contributed by atoms with van der Waals surface area (Å²) in [6.07, 6.45) is 2.60. The standard InChI is InChI=1S/C8H14O2/c1-8(10)6-2-5(3-6)4-7(8)9/h5-7,9-10H,2-4H2,1H3/t5-,6+,7-,8+/m1/s1. The first kappa shape index (κ1) is 6.62. The molecule has 2 heteroatoms. The van der Waals surface area contributed by atoms with Gasteiger partial charge >= 0.3 is 0 Å². The third kappa shape index (κ3) is 0.663. The Morgan fingerprint density at radius 1 is 1.30 bits per heavy atom. The van der Waals surface area contributed by atoms with E-state index in [2.05, 4.69) is 0 Å². The van der Waals surface area contributed by atoms with Crippen LogP contribution in [0.3, 0.4) is 0 Å². The molecule has 0 aromatic heterocycles. The largest absolute Gasteiger partial charge is 0.390 e. The highest BCUT2D eigenvalue weighted by Crippen LogP contribution is 2.50. The Hall–Kier alpha value is -0.0800. The molecule has 0 heterocycles. The zero-order valence-electron chi connectivity index (χ0n) is 6.25. The van der Waals surface area contributed by atoms with Crippen LogP contribution in [-0.2, 0) is 0 Å². The van der Waals surface area contributed by atoms with Crippen molar-refractivity contribution in [2.45, 2.75) is 37.9 Å². The lowest BCUT2D eigenvalue weighted by molar-refractivity contribution is -0.181. The number of aliphatic hydroxyl groups is 2. The van der Waals surface area contributed by atoms with Crippen LogP contribution in [0.25, 0.3) is 0 Å². The molecule has 2 nitrogen and oxygen atoms in total. The molecule has 58 valence electrons. The van der Waals surface area contributed by atoms with Crippen LogP contribution in [-0.4, -0.2) is 21.9 Å². The van der Waals surface area contributed by atoms with Crippen LogP contribution in [0.1, 0.15) is 26.2 Å². The van der Waals surface area contributed by atoms with Crippen molar-refractivity contribution >= 4 is 0 Å². The highest BCUT2D eigenvalue weighted by molar-refractivity contribution is 5.03. The number of aliphatic hydroxyl groups excluding tert-OH is 1. The highest BCUT2D eigenvalue weighted by Gasteiger charge is 2.51. The molecule has 0 saturated heterocycles. The van der Waals surface area contributed by atoms with Gasteiger partial charge in [0, 0.05) is 0 Å². The molecule has 10 heavy (non-hydrogen) atoms. The van der Waals surface area contributed by atoms with Crippen LogP contribution in [0, 0.1) is 11.8 Å². The first-order valence-corrected chi connectivity index (χ1v) is 4.01. The Morgan fingerprint density at radius 3 is 2.20 bits per heavy atom. The quantitative estimate of drug-likeness (QED) is 0.518. The van der Waals surface area contributed by atoms with E-state index in [1.54, 1.807) is 6.92 Å². The molecule has 2 atom stereocenters. The van der Waals surface area contributed by atoms with Gasteiger partial charge in [0.1, 0.15) is 0 Å². The molecule has 3 fully saturated rings. The lowest BCUT2D eigenvalue weighted by Crippen LogP contribution is -2.57. The summed E-state index contributed by atoms with van der Waals surface area (Å²) in [4.78, 5) is 0. The molecule has 3 rings (SSSR count). The smallest absolute Gasteiger partial charge is 0.0905 e. The molecule has 0 radical (unpaired) electrons. The van der Waals surface area contributed by atoms with Gasteiger partial charge in [-0.25, -0.2) is 0 Å². The van der Waals surface area contributed by atoms with Crippen molar-refractivity contribution < 1.29 is 10.2 Å². The molecular weight excluding hydrogens is 128 g/mol. The van der Waals surface area contributed by atoms with Gasteiger partial charge in [-0.1, -0.05) is 0 Å². The topological polar surface area (TPSA) is 40.5 Å². The van der Waals surface area contributed by atoms with Crippen molar-refractivity contribution in [3.63, 3.8) is 0 Å². The van der Waals surface area contributed by atoms with Gasteiger partial charge in [0.25, 0.3) is 0 Å². The Bertz CT molecular complexity index is 143. The van der Waals surface area contributed by atoms with Crippen molar-refractivity contribution in [3.05, 3.63) is 0 Å². The van der Waals surface area contributed by atoms with Gasteiger partial charge in [-0.05, 0) is 38.0 Å². The Kier molecular flexibility index (Phi) is 1.15. The van der Waals surface area contributed by atoms with Crippen molar-refractivity contribution in [3.8, 4) is 0 Å². The van der Waals surface area contributed by atoms with E-state index >= 15 is 0 Å². The molecule has 0 aromatic carbocycles. The van der Waals surface area contributed by atoms with Crippen molar-refractivity contribution in [1.29, 1.82) is 0 Å². The summed E-state index contributed by atoms with van der Waals surface area (Å²) in [5, 5.41) is 19.1. The van der Waals surface area contributed by atoms with Crippen molar-refractivity contribution in [2.24, 2.45) is 11.8 Å². The molecule has 2 N–H and O–H groups in total. The van der Waals surface area contributed by atoms with E-state index in [1.165, 1.54) is 0 Å². The Balaban J connectivity index is 2.16. The summed E-state index contributed by atoms with van der Waals surface area (Å²) in [7, 11) is 0. The van der Waals surface area contributed by atoms with Crippen molar-refractivity contribution in [2.75, 3.05) is 0 Å². The first-order valence-electron chi connectivity index (χ1n) is 4.01. The summed E-state index contributed by atoms with van der Waals surface area (Å²) in [5.41, 5.74) is -0.783. The van der Waals surface area contributed by atoms with Gasteiger partial charge < -0.3 is 10.2 Å². The van der Waals surface area contributed by atoms with E-state index in [0.717, 1.165) is 19.3 Å². The third-order valence-electron chi connectivity index (χ3n) is 3.29. The van der Waals surface area contributed by atoms with Gasteiger partial charge in [0.2, 0.25) is 0 Å². The monoisotopic (exact) mass is 142 g/mol. The number of hydrogen-bond acceptors (Lipinski definition) is 2. The number of rotatable bonds is 0.